The highest BCUT2D eigenvalue weighted by Crippen LogP contribution is 2.27. The molecule has 1 amide bonds. The van der Waals surface area contributed by atoms with Gasteiger partial charge in [-0.3, -0.25) is 14.9 Å². The van der Waals surface area contributed by atoms with Crippen LogP contribution in [0.2, 0.25) is 5.02 Å². The van der Waals surface area contributed by atoms with Crippen LogP contribution in [-0.4, -0.2) is 25.7 Å². The van der Waals surface area contributed by atoms with Crippen LogP contribution in [0.3, 0.4) is 0 Å². The standard InChI is InChI=1S/C13H9ClN4O3/c14-11-2-1-9(18(20)21)3-10(11)13(19)17-5-8-4-15-7-16-12(8)6-17/h1-4,7H,5-6H2. The molecule has 1 aliphatic rings. The Kier molecular flexibility index (Phi) is 3.26. The summed E-state index contributed by atoms with van der Waals surface area (Å²) in [6, 6.07) is 3.82. The van der Waals surface area contributed by atoms with Crippen molar-refractivity contribution < 1.29 is 9.72 Å². The second kappa shape index (κ2) is 5.10. The maximum Gasteiger partial charge on any atom is 0.270 e. The second-order valence-corrected chi connectivity index (χ2v) is 4.98. The fourth-order valence-corrected chi connectivity index (χ4v) is 2.40. The summed E-state index contributed by atoms with van der Waals surface area (Å²) >= 11 is 5.99. The first-order valence-electron chi connectivity index (χ1n) is 6.07. The van der Waals surface area contributed by atoms with Crippen LogP contribution < -0.4 is 0 Å². The fourth-order valence-electron chi connectivity index (χ4n) is 2.21. The summed E-state index contributed by atoms with van der Waals surface area (Å²) in [5.41, 5.74) is 1.60. The van der Waals surface area contributed by atoms with Gasteiger partial charge in [-0.25, -0.2) is 9.97 Å². The third-order valence-corrected chi connectivity index (χ3v) is 3.59. The number of nitro benzene ring substituents is 1. The van der Waals surface area contributed by atoms with Gasteiger partial charge in [0.25, 0.3) is 11.6 Å². The largest absolute Gasteiger partial charge is 0.328 e. The lowest BCUT2D eigenvalue weighted by Crippen LogP contribution is -2.25. The SMILES string of the molecule is O=C(c1cc([N+](=O)[O-])ccc1Cl)N1Cc2cncnc2C1. The highest BCUT2D eigenvalue weighted by Gasteiger charge is 2.27. The van der Waals surface area contributed by atoms with Crippen molar-refractivity contribution >= 4 is 23.2 Å². The molecule has 1 aromatic heterocycles. The zero-order valence-electron chi connectivity index (χ0n) is 10.7. The number of amides is 1. The van der Waals surface area contributed by atoms with Crippen LogP contribution in [0.15, 0.2) is 30.7 Å². The van der Waals surface area contributed by atoms with Gasteiger partial charge in [0.1, 0.15) is 6.33 Å². The number of hydrogen-bond donors (Lipinski definition) is 0. The van der Waals surface area contributed by atoms with Crippen LogP contribution in [0.5, 0.6) is 0 Å². The van der Waals surface area contributed by atoms with E-state index in [0.717, 1.165) is 11.3 Å². The molecule has 8 heteroatoms. The number of rotatable bonds is 2. The number of hydrogen-bond acceptors (Lipinski definition) is 5. The van der Waals surface area contributed by atoms with Crippen LogP contribution in [-0.2, 0) is 13.1 Å². The molecular formula is C13H9ClN4O3. The van der Waals surface area contributed by atoms with Crippen molar-refractivity contribution in [2.24, 2.45) is 0 Å². The number of halogens is 1. The Labute approximate surface area is 124 Å². The van der Waals surface area contributed by atoms with Gasteiger partial charge < -0.3 is 4.90 Å². The van der Waals surface area contributed by atoms with Gasteiger partial charge in [0.15, 0.2) is 0 Å². The van der Waals surface area contributed by atoms with Crippen molar-refractivity contribution in [3.05, 3.63) is 62.7 Å². The molecule has 3 rings (SSSR count). The maximum atomic E-state index is 12.5. The monoisotopic (exact) mass is 304 g/mol. The second-order valence-electron chi connectivity index (χ2n) is 4.58. The summed E-state index contributed by atoms with van der Waals surface area (Å²) < 4.78 is 0. The van der Waals surface area contributed by atoms with Crippen molar-refractivity contribution in [2.75, 3.05) is 0 Å². The van der Waals surface area contributed by atoms with Crippen LogP contribution >= 0.6 is 11.6 Å². The quantitative estimate of drug-likeness (QED) is 0.626. The number of benzene rings is 1. The number of non-ortho nitro benzene ring substituents is 1. The lowest BCUT2D eigenvalue weighted by atomic mass is 10.1. The summed E-state index contributed by atoms with van der Waals surface area (Å²) in [6.45, 7) is 0.712. The van der Waals surface area contributed by atoms with E-state index in [1.807, 2.05) is 0 Å². The predicted molar refractivity (Wildman–Crippen MR) is 73.7 cm³/mol. The Morgan fingerprint density at radius 2 is 2.19 bits per heavy atom. The molecule has 0 atom stereocenters. The molecule has 0 radical (unpaired) electrons. The summed E-state index contributed by atoms with van der Waals surface area (Å²) in [5, 5.41) is 11.0. The zero-order valence-corrected chi connectivity index (χ0v) is 11.4. The summed E-state index contributed by atoms with van der Waals surface area (Å²) in [4.78, 5) is 32.3. The van der Waals surface area contributed by atoms with E-state index in [1.54, 1.807) is 6.20 Å². The van der Waals surface area contributed by atoms with Crippen LogP contribution in [0.1, 0.15) is 21.6 Å². The van der Waals surface area contributed by atoms with E-state index in [-0.39, 0.29) is 22.2 Å². The molecule has 0 unspecified atom stereocenters. The minimum Gasteiger partial charge on any atom is -0.328 e. The first-order chi connectivity index (χ1) is 10.1. The number of nitrogens with zero attached hydrogens (tertiary/aromatic N) is 4. The van der Waals surface area contributed by atoms with Gasteiger partial charge >= 0.3 is 0 Å². The minimum absolute atomic E-state index is 0.117. The molecule has 0 fully saturated rings. The van der Waals surface area contributed by atoms with Crippen LogP contribution in [0.4, 0.5) is 5.69 Å². The number of nitro groups is 1. The van der Waals surface area contributed by atoms with Crippen LogP contribution in [0, 0.1) is 10.1 Å². The molecule has 0 N–H and O–H groups in total. The Balaban J connectivity index is 1.90. The van der Waals surface area contributed by atoms with Gasteiger partial charge in [-0.2, -0.15) is 0 Å². The van der Waals surface area contributed by atoms with E-state index in [9.17, 15) is 14.9 Å². The van der Waals surface area contributed by atoms with Crippen molar-refractivity contribution in [1.29, 1.82) is 0 Å². The highest BCUT2D eigenvalue weighted by atomic mass is 35.5. The molecule has 0 spiro atoms. The van der Waals surface area contributed by atoms with E-state index >= 15 is 0 Å². The summed E-state index contributed by atoms with van der Waals surface area (Å²) in [5.74, 6) is -0.360. The summed E-state index contributed by atoms with van der Waals surface area (Å²) in [6.07, 6.45) is 3.08. The number of fused-ring (bicyclic) bond motifs is 1. The third kappa shape index (κ3) is 2.43. The van der Waals surface area contributed by atoms with E-state index in [0.29, 0.717) is 13.1 Å². The Hall–Kier alpha value is -2.54. The molecule has 0 saturated heterocycles. The maximum absolute atomic E-state index is 12.5. The number of aromatic nitrogens is 2. The summed E-state index contributed by atoms with van der Waals surface area (Å²) in [7, 11) is 0. The minimum atomic E-state index is -0.558. The molecule has 1 aliphatic heterocycles. The van der Waals surface area contributed by atoms with Crippen molar-refractivity contribution in [3.8, 4) is 0 Å². The van der Waals surface area contributed by atoms with Gasteiger partial charge in [0.05, 0.1) is 27.7 Å². The van der Waals surface area contributed by atoms with E-state index < -0.39 is 4.92 Å². The third-order valence-electron chi connectivity index (χ3n) is 3.26. The molecule has 2 aromatic rings. The molecule has 0 saturated carbocycles. The average molecular weight is 305 g/mol. The molecule has 0 aliphatic carbocycles. The average Bonchev–Trinajstić information content (AvgIpc) is 2.90. The Morgan fingerprint density at radius 3 is 2.90 bits per heavy atom. The van der Waals surface area contributed by atoms with E-state index in [2.05, 4.69) is 9.97 Å². The number of carbonyl (C=O) groups is 1. The van der Waals surface area contributed by atoms with Gasteiger partial charge in [-0.15, -0.1) is 0 Å². The molecular weight excluding hydrogens is 296 g/mol. The number of carbonyl (C=O) groups excluding carboxylic acids is 1. The lowest BCUT2D eigenvalue weighted by molar-refractivity contribution is -0.384. The Bertz CT molecular complexity index is 725. The van der Waals surface area contributed by atoms with Crippen LogP contribution in [0.25, 0.3) is 0 Å². The predicted octanol–water partition coefficient (Wildman–Crippen LogP) is 2.19. The molecule has 7 nitrogen and oxygen atoms in total. The fraction of sp³-hybridized carbons (Fsp3) is 0.154. The van der Waals surface area contributed by atoms with E-state index in [4.69, 9.17) is 11.6 Å². The van der Waals surface area contributed by atoms with Crippen molar-refractivity contribution in [2.45, 2.75) is 13.1 Å². The normalized spacial score (nSPS) is 13.1. The lowest BCUT2D eigenvalue weighted by Gasteiger charge is -2.15. The first kappa shape index (κ1) is 13.4. The van der Waals surface area contributed by atoms with E-state index in [1.165, 1.54) is 29.4 Å². The smallest absolute Gasteiger partial charge is 0.270 e. The Morgan fingerprint density at radius 1 is 1.38 bits per heavy atom. The van der Waals surface area contributed by atoms with Gasteiger partial charge in [-0.05, 0) is 6.07 Å². The van der Waals surface area contributed by atoms with Gasteiger partial charge in [-0.1, -0.05) is 11.6 Å². The molecule has 2 heterocycles. The highest BCUT2D eigenvalue weighted by molar-refractivity contribution is 6.33. The zero-order chi connectivity index (χ0) is 15.0. The van der Waals surface area contributed by atoms with Crippen molar-refractivity contribution in [3.63, 3.8) is 0 Å². The van der Waals surface area contributed by atoms with Gasteiger partial charge in [0, 0.05) is 30.4 Å². The van der Waals surface area contributed by atoms with Gasteiger partial charge in [0.2, 0.25) is 0 Å². The molecule has 0 bridgehead atoms. The molecule has 1 aromatic carbocycles. The first-order valence-corrected chi connectivity index (χ1v) is 6.45. The molecule has 21 heavy (non-hydrogen) atoms. The van der Waals surface area contributed by atoms with Crippen molar-refractivity contribution in [1.82, 2.24) is 14.9 Å². The molecule has 106 valence electrons. The topological polar surface area (TPSA) is 89.2 Å².